The lowest BCUT2D eigenvalue weighted by atomic mass is 9.58. The van der Waals surface area contributed by atoms with Gasteiger partial charge >= 0.3 is 0 Å². The Morgan fingerprint density at radius 1 is 1.03 bits per heavy atom. The van der Waals surface area contributed by atoms with Crippen LogP contribution in [0.4, 0.5) is 0 Å². The molecule has 2 bridgehead atoms. The Balaban J connectivity index is 1.18. The molecule has 3 heterocycles. The van der Waals surface area contributed by atoms with Crippen molar-refractivity contribution in [1.82, 2.24) is 9.88 Å². The average molecular weight is 529 g/mol. The molecular weight excluding hydrogens is 484 g/mol. The highest BCUT2D eigenvalue weighted by Crippen LogP contribution is 2.69. The summed E-state index contributed by atoms with van der Waals surface area (Å²) < 4.78 is 18.5. The number of hydrogen-bond donors (Lipinski definition) is 0. The van der Waals surface area contributed by atoms with Gasteiger partial charge < -0.3 is 14.2 Å². The van der Waals surface area contributed by atoms with Crippen molar-refractivity contribution in [3.63, 3.8) is 0 Å². The first-order valence-corrected chi connectivity index (χ1v) is 15.2. The number of fused-ring (bicyclic) bond motifs is 2. The van der Waals surface area contributed by atoms with Crippen LogP contribution in [-0.4, -0.2) is 67.7 Å². The summed E-state index contributed by atoms with van der Waals surface area (Å²) in [5.74, 6) is 1.12. The minimum atomic E-state index is -0.116. The quantitative estimate of drug-likeness (QED) is 0.395. The van der Waals surface area contributed by atoms with E-state index in [0.29, 0.717) is 17.9 Å². The Hall–Kier alpha value is -2.05. The molecule has 0 amide bonds. The number of allylic oxidation sites excluding steroid dienone is 1. The van der Waals surface area contributed by atoms with Crippen molar-refractivity contribution in [2.45, 2.75) is 81.5 Å². The monoisotopic (exact) mass is 528 g/mol. The number of pyridine rings is 1. The summed E-state index contributed by atoms with van der Waals surface area (Å²) in [5, 5.41) is 2.54. The topological polar surface area (TPSA) is 43.8 Å². The Labute approximate surface area is 233 Å². The van der Waals surface area contributed by atoms with Crippen LogP contribution in [0.2, 0.25) is 0 Å². The van der Waals surface area contributed by atoms with E-state index < -0.39 is 0 Å². The van der Waals surface area contributed by atoms with Crippen LogP contribution in [0.3, 0.4) is 0 Å². The van der Waals surface area contributed by atoms with Crippen molar-refractivity contribution in [2.75, 3.05) is 40.5 Å². The maximum atomic E-state index is 7.57. The molecule has 3 fully saturated rings. The predicted octanol–water partition coefficient (Wildman–Crippen LogP) is 6.44. The van der Waals surface area contributed by atoms with E-state index in [2.05, 4.69) is 53.2 Å². The second-order valence-corrected chi connectivity index (χ2v) is 13.1. The van der Waals surface area contributed by atoms with Gasteiger partial charge in [0.25, 0.3) is 0 Å². The van der Waals surface area contributed by atoms with Gasteiger partial charge in [0.2, 0.25) is 0 Å². The summed E-state index contributed by atoms with van der Waals surface area (Å²) in [6, 6.07) is 9.73. The summed E-state index contributed by atoms with van der Waals surface area (Å²) in [6.45, 7) is 6.01. The fourth-order valence-electron chi connectivity index (χ4n) is 9.46. The molecule has 2 saturated carbocycles. The van der Waals surface area contributed by atoms with E-state index >= 15 is 0 Å². The van der Waals surface area contributed by atoms with Crippen LogP contribution in [-0.2, 0) is 14.2 Å². The lowest BCUT2D eigenvalue weighted by Gasteiger charge is -2.55. The van der Waals surface area contributed by atoms with E-state index in [9.17, 15) is 0 Å². The Bertz CT molecular complexity index is 1300. The Morgan fingerprint density at radius 3 is 2.69 bits per heavy atom. The maximum Gasteiger partial charge on any atom is 0.0974 e. The van der Waals surface area contributed by atoms with Crippen molar-refractivity contribution in [1.29, 1.82) is 0 Å². The molecule has 1 aromatic carbocycles. The second-order valence-electron chi connectivity index (χ2n) is 13.1. The lowest BCUT2D eigenvalue weighted by Crippen LogP contribution is -2.55. The van der Waals surface area contributed by atoms with Gasteiger partial charge in [-0.2, -0.15) is 0 Å². The SMILES string of the molecule is COCCN(CCOC)C1CCC2=CC3=CC[C@]4(C)[C@@H](c5ccc6ccncc6c5)CC[C@H]4[C@@]34CC[C@]2(C1)O4. The maximum absolute atomic E-state index is 7.57. The average Bonchev–Trinajstić information content (AvgIpc) is 3.47. The van der Waals surface area contributed by atoms with Crippen molar-refractivity contribution >= 4 is 10.8 Å². The zero-order valence-corrected chi connectivity index (χ0v) is 24.0. The zero-order chi connectivity index (χ0) is 26.7. The summed E-state index contributed by atoms with van der Waals surface area (Å²) in [5.41, 5.74) is 4.56. The third-order valence-corrected chi connectivity index (χ3v) is 11.4. The molecule has 1 aromatic heterocycles. The van der Waals surface area contributed by atoms with Crippen LogP contribution in [0, 0.1) is 11.3 Å². The summed E-state index contributed by atoms with van der Waals surface area (Å²) in [7, 11) is 3.61. The summed E-state index contributed by atoms with van der Waals surface area (Å²) in [4.78, 5) is 7.00. The lowest BCUT2D eigenvalue weighted by molar-refractivity contribution is -0.141. The standard InChI is InChI=1S/C34H44N2O3/c1-32-12-10-28-21-27-6-7-29(36(16-18-37-2)17-19-38-3)22-33(27)13-14-34(28,39-33)31(32)9-8-30(32)25-5-4-24-11-15-35-23-26(24)20-25/h4-5,10-11,15,20-21,23,29-31H,6-9,12-14,16-19,22H2,1-3H3/t29?,30-,31-,32-,33-,34-/m1/s1. The fourth-order valence-corrected chi connectivity index (χ4v) is 9.46. The molecule has 3 aliphatic carbocycles. The van der Waals surface area contributed by atoms with Gasteiger partial charge in [-0.25, -0.2) is 0 Å². The second kappa shape index (κ2) is 9.80. The van der Waals surface area contributed by atoms with Gasteiger partial charge in [0, 0.05) is 51.1 Å². The van der Waals surface area contributed by atoms with Crippen molar-refractivity contribution in [3.05, 3.63) is 65.5 Å². The van der Waals surface area contributed by atoms with E-state index in [-0.39, 0.29) is 16.6 Å². The first-order valence-electron chi connectivity index (χ1n) is 15.2. The summed E-state index contributed by atoms with van der Waals surface area (Å²) >= 11 is 0. The molecule has 5 aliphatic rings. The fraction of sp³-hybridized carbons (Fsp3) is 0.618. The molecular formula is C34H44N2O3. The van der Waals surface area contributed by atoms with E-state index in [1.54, 1.807) is 19.8 Å². The van der Waals surface area contributed by atoms with Crippen LogP contribution in [0.1, 0.15) is 69.8 Å². The van der Waals surface area contributed by atoms with E-state index in [4.69, 9.17) is 14.2 Å². The van der Waals surface area contributed by atoms with Crippen LogP contribution in [0.15, 0.2) is 60.0 Å². The van der Waals surface area contributed by atoms with Gasteiger partial charge in [-0.15, -0.1) is 0 Å². The third kappa shape index (κ3) is 3.99. The molecule has 2 spiro atoms. The molecule has 2 aliphatic heterocycles. The number of ether oxygens (including phenoxy) is 3. The van der Waals surface area contributed by atoms with Crippen molar-refractivity contribution in [3.8, 4) is 0 Å². The number of aromatic nitrogens is 1. The normalized spacial score (nSPS) is 36.9. The molecule has 1 saturated heterocycles. The van der Waals surface area contributed by atoms with Gasteiger partial charge in [-0.05, 0) is 103 Å². The number of rotatable bonds is 8. The Kier molecular flexibility index (Phi) is 6.50. The molecule has 5 heteroatoms. The molecule has 1 unspecified atom stereocenters. The Morgan fingerprint density at radius 2 is 1.87 bits per heavy atom. The van der Waals surface area contributed by atoms with Gasteiger partial charge in [0.15, 0.2) is 0 Å². The van der Waals surface area contributed by atoms with Crippen molar-refractivity contribution in [2.24, 2.45) is 11.3 Å². The largest absolute Gasteiger partial charge is 0.383 e. The zero-order valence-electron chi connectivity index (χ0n) is 24.0. The van der Waals surface area contributed by atoms with Crippen LogP contribution in [0.25, 0.3) is 10.8 Å². The number of benzene rings is 1. The first-order chi connectivity index (χ1) is 19.0. The molecule has 6 atom stereocenters. The van der Waals surface area contributed by atoms with Crippen LogP contribution >= 0.6 is 0 Å². The van der Waals surface area contributed by atoms with E-state index in [0.717, 1.165) is 58.4 Å². The minimum Gasteiger partial charge on any atom is -0.383 e. The number of methoxy groups -OCH3 is 2. The minimum absolute atomic E-state index is 0.0936. The molecule has 0 N–H and O–H groups in total. The molecule has 2 aromatic rings. The summed E-state index contributed by atoms with van der Waals surface area (Å²) in [6.07, 6.45) is 18.5. The molecule has 208 valence electrons. The van der Waals surface area contributed by atoms with Crippen molar-refractivity contribution < 1.29 is 14.2 Å². The van der Waals surface area contributed by atoms with Crippen LogP contribution < -0.4 is 0 Å². The van der Waals surface area contributed by atoms with E-state index in [1.807, 2.05) is 12.4 Å². The highest BCUT2D eigenvalue weighted by Gasteiger charge is 2.66. The smallest absolute Gasteiger partial charge is 0.0974 e. The third-order valence-electron chi connectivity index (χ3n) is 11.4. The van der Waals surface area contributed by atoms with Gasteiger partial charge in [0.1, 0.15) is 0 Å². The highest BCUT2D eigenvalue weighted by atomic mass is 16.5. The molecule has 5 nitrogen and oxygen atoms in total. The van der Waals surface area contributed by atoms with Gasteiger partial charge in [-0.3, -0.25) is 9.88 Å². The number of nitrogens with zero attached hydrogens (tertiary/aromatic N) is 2. The number of hydrogen-bond acceptors (Lipinski definition) is 5. The molecule has 39 heavy (non-hydrogen) atoms. The molecule has 0 radical (unpaired) electrons. The van der Waals surface area contributed by atoms with E-state index in [1.165, 1.54) is 41.2 Å². The van der Waals surface area contributed by atoms with Gasteiger partial charge in [0.05, 0.1) is 24.4 Å². The molecule has 7 rings (SSSR count). The highest BCUT2D eigenvalue weighted by molar-refractivity contribution is 5.82. The van der Waals surface area contributed by atoms with Crippen LogP contribution in [0.5, 0.6) is 0 Å². The van der Waals surface area contributed by atoms with Gasteiger partial charge in [-0.1, -0.05) is 31.2 Å². The predicted molar refractivity (Wildman–Crippen MR) is 155 cm³/mol. The first kappa shape index (κ1) is 25.9.